The summed E-state index contributed by atoms with van der Waals surface area (Å²) in [5, 5.41) is 27.3. The number of alkyl halides is 1. The molecular formula is C23H16Br3Cl2F3N2O7. The third kappa shape index (κ3) is 11.5. The van der Waals surface area contributed by atoms with E-state index in [1.807, 2.05) is 0 Å². The van der Waals surface area contributed by atoms with Crippen LogP contribution in [0.5, 0.6) is 17.2 Å². The smallest absolute Gasteiger partial charge is 0.314 e. The van der Waals surface area contributed by atoms with Crippen LogP contribution in [0.4, 0.5) is 24.5 Å². The summed E-state index contributed by atoms with van der Waals surface area (Å²) in [4.78, 5) is 29.8. The van der Waals surface area contributed by atoms with Gasteiger partial charge >= 0.3 is 5.69 Å². The molecule has 9 nitrogen and oxygen atoms in total. The van der Waals surface area contributed by atoms with E-state index in [0.717, 1.165) is 18.2 Å². The zero-order valence-corrected chi connectivity index (χ0v) is 25.8. The van der Waals surface area contributed by atoms with Crippen molar-refractivity contribution in [1.29, 1.82) is 0 Å². The third-order valence-electron chi connectivity index (χ3n) is 4.22. The van der Waals surface area contributed by atoms with Gasteiger partial charge in [0.15, 0.2) is 34.7 Å². The second-order valence-corrected chi connectivity index (χ2v) is 10.6. The Hall–Kier alpha value is -2.59. The van der Waals surface area contributed by atoms with Crippen molar-refractivity contribution in [3.63, 3.8) is 0 Å². The zero-order valence-electron chi connectivity index (χ0n) is 19.6. The number of nitro groups is 1. The molecule has 0 saturated carbocycles. The molecule has 3 aromatic carbocycles. The number of phenolic OH excluding ortho intramolecular Hbond substituents is 2. The van der Waals surface area contributed by atoms with Crippen LogP contribution >= 0.6 is 71.0 Å². The van der Waals surface area contributed by atoms with Crippen LogP contribution in [0, 0.1) is 27.6 Å². The monoisotopic (exact) mass is 796 g/mol. The van der Waals surface area contributed by atoms with Gasteiger partial charge in [0.2, 0.25) is 11.0 Å². The van der Waals surface area contributed by atoms with Crippen LogP contribution in [0.2, 0.25) is 0 Å². The standard InChI is InChI=1S/C9H6BrFO2.C6H3BrFNO3.C6H5BrFNO.C2H2Cl2O/c10-6-1-5-2-7(12)4-13-9(5)8(11)3-6;7-3-1-4(8)6(10)5(2-3)9(11)12;7-3-1-4(8)6(10)5(9)2-3;3-1-2(4)5/h1,3H,2,4H2;1-2,10H;1-2,10H,9H2;1H2. The number of aromatic hydroxyl groups is 2. The van der Waals surface area contributed by atoms with Gasteiger partial charge in [-0.1, -0.05) is 47.8 Å². The van der Waals surface area contributed by atoms with Gasteiger partial charge in [-0.2, -0.15) is 0 Å². The summed E-state index contributed by atoms with van der Waals surface area (Å²) < 4.78 is 44.6. The molecule has 1 heterocycles. The highest BCUT2D eigenvalue weighted by atomic mass is 79.9. The van der Waals surface area contributed by atoms with Crippen molar-refractivity contribution in [3.8, 4) is 17.2 Å². The predicted octanol–water partition coefficient (Wildman–Crippen LogP) is 7.16. The van der Waals surface area contributed by atoms with Crippen LogP contribution in [0.15, 0.2) is 49.8 Å². The van der Waals surface area contributed by atoms with Gasteiger partial charge in [-0.05, 0) is 41.9 Å². The number of nitro benzene ring substituents is 1. The van der Waals surface area contributed by atoms with Gasteiger partial charge in [-0.15, -0.1) is 11.6 Å². The molecule has 1 aliphatic rings. The summed E-state index contributed by atoms with van der Waals surface area (Å²) in [6, 6.07) is 7.58. The summed E-state index contributed by atoms with van der Waals surface area (Å²) in [7, 11) is 0. The minimum absolute atomic E-state index is 0.0223. The van der Waals surface area contributed by atoms with Crippen LogP contribution in [-0.4, -0.2) is 38.6 Å². The maximum atomic E-state index is 13.2. The molecule has 4 N–H and O–H groups in total. The van der Waals surface area contributed by atoms with Gasteiger partial charge in [0, 0.05) is 31.5 Å². The van der Waals surface area contributed by atoms with E-state index in [1.54, 1.807) is 6.07 Å². The Labute approximate surface area is 259 Å². The molecule has 0 bridgehead atoms. The molecule has 0 radical (unpaired) electrons. The topological polar surface area (TPSA) is 153 Å². The lowest BCUT2D eigenvalue weighted by atomic mass is 10.1. The average molecular weight is 800 g/mol. The summed E-state index contributed by atoms with van der Waals surface area (Å²) in [5.41, 5.74) is 5.20. The molecule has 0 aliphatic carbocycles. The molecule has 0 aromatic heterocycles. The number of fused-ring (bicyclic) bond motifs is 1. The molecule has 0 spiro atoms. The predicted molar refractivity (Wildman–Crippen MR) is 152 cm³/mol. The number of hydrogen-bond acceptors (Lipinski definition) is 8. The number of hydrogen-bond donors (Lipinski definition) is 3. The Morgan fingerprint density at radius 3 is 1.95 bits per heavy atom. The van der Waals surface area contributed by atoms with Crippen LogP contribution in [0.3, 0.4) is 0 Å². The Morgan fingerprint density at radius 1 is 0.975 bits per heavy atom. The third-order valence-corrected chi connectivity index (χ3v) is 6.10. The summed E-state index contributed by atoms with van der Waals surface area (Å²) in [6.45, 7) is -0.0223. The molecule has 0 atom stereocenters. The number of carbonyl (C=O) groups is 2. The lowest BCUT2D eigenvalue weighted by Gasteiger charge is -2.16. The first kappa shape index (κ1) is 35.4. The fraction of sp³-hybridized carbons (Fsp3) is 0.130. The molecule has 17 heteroatoms. The minimum Gasteiger partial charge on any atom is -0.503 e. The lowest BCUT2D eigenvalue weighted by Crippen LogP contribution is -2.21. The van der Waals surface area contributed by atoms with E-state index in [0.29, 0.717) is 14.5 Å². The fourth-order valence-electron chi connectivity index (χ4n) is 2.60. The fourth-order valence-corrected chi connectivity index (χ4v) is 3.94. The number of benzene rings is 3. The number of rotatable bonds is 2. The molecule has 1 aliphatic heterocycles. The molecule has 0 fully saturated rings. The summed E-state index contributed by atoms with van der Waals surface area (Å²) in [6.07, 6.45) is 0.256. The van der Waals surface area contributed by atoms with Crippen molar-refractivity contribution in [2.45, 2.75) is 6.42 Å². The van der Waals surface area contributed by atoms with Gasteiger partial charge in [-0.25, -0.2) is 13.2 Å². The van der Waals surface area contributed by atoms with E-state index in [1.165, 1.54) is 12.1 Å². The van der Waals surface area contributed by atoms with Gasteiger partial charge < -0.3 is 20.7 Å². The highest BCUT2D eigenvalue weighted by Crippen LogP contribution is 2.32. The van der Waals surface area contributed by atoms with E-state index in [2.05, 4.69) is 47.8 Å². The Morgan fingerprint density at radius 2 is 1.45 bits per heavy atom. The largest absolute Gasteiger partial charge is 0.503 e. The number of carbonyl (C=O) groups excluding carboxylic acids is 2. The zero-order chi connectivity index (χ0) is 30.7. The van der Waals surface area contributed by atoms with Crippen LogP contribution in [-0.2, 0) is 16.0 Å². The van der Waals surface area contributed by atoms with E-state index >= 15 is 0 Å². The van der Waals surface area contributed by atoms with Crippen molar-refractivity contribution >= 4 is 93.4 Å². The average Bonchev–Trinajstić information content (AvgIpc) is 2.85. The molecule has 3 aromatic rings. The second kappa shape index (κ2) is 16.6. The van der Waals surface area contributed by atoms with Gasteiger partial charge in [0.25, 0.3) is 0 Å². The van der Waals surface area contributed by atoms with E-state index in [-0.39, 0.29) is 40.6 Å². The first-order chi connectivity index (χ1) is 18.6. The number of phenols is 2. The maximum absolute atomic E-state index is 13.2. The van der Waals surface area contributed by atoms with Gasteiger partial charge in [0.1, 0.15) is 6.61 Å². The number of halogens is 8. The second-order valence-electron chi connectivity index (χ2n) is 7.21. The number of nitrogens with zero attached hydrogens (tertiary/aromatic N) is 1. The molecule has 0 saturated heterocycles. The first-order valence-electron chi connectivity index (χ1n) is 10.2. The van der Waals surface area contributed by atoms with Crippen molar-refractivity contribution in [1.82, 2.24) is 0 Å². The number of nitrogens with two attached hydrogens (primary N) is 1. The summed E-state index contributed by atoms with van der Waals surface area (Å²) >= 11 is 18.6. The number of Topliss-reactive ketones (excluding diaryl/α,β-unsaturated/α-hetero) is 1. The van der Waals surface area contributed by atoms with Crippen LogP contribution in [0.1, 0.15) is 5.56 Å². The highest BCUT2D eigenvalue weighted by molar-refractivity contribution is 9.11. The Bertz CT molecular complexity index is 1400. The van der Waals surface area contributed by atoms with E-state index < -0.39 is 44.8 Å². The van der Waals surface area contributed by atoms with Crippen molar-refractivity contribution in [2.24, 2.45) is 0 Å². The first-order valence-corrected chi connectivity index (χ1v) is 13.5. The SMILES string of the molecule is Nc1cc(Br)cc(F)c1O.O=C(Cl)CCl.O=C1COc2c(F)cc(Br)cc2C1.O=[N+]([O-])c1cc(Br)cc(F)c1O. The number of ether oxygens (including phenoxy) is 1. The molecule has 4 rings (SSSR count). The van der Waals surface area contributed by atoms with Crippen molar-refractivity contribution < 1.29 is 42.6 Å². The number of anilines is 1. The normalized spacial score (nSPS) is 11.2. The Kier molecular flexibility index (Phi) is 14.7. The number of ketones is 1. The number of nitrogen functional groups attached to an aromatic ring is 1. The van der Waals surface area contributed by atoms with Gasteiger partial charge in [0.05, 0.1) is 16.5 Å². The molecule has 0 unspecified atom stereocenters. The molecular weight excluding hydrogens is 784 g/mol. The van der Waals surface area contributed by atoms with Crippen molar-refractivity contribution in [3.05, 3.63) is 82.9 Å². The van der Waals surface area contributed by atoms with Gasteiger partial charge in [-0.3, -0.25) is 19.7 Å². The van der Waals surface area contributed by atoms with Crippen LogP contribution in [0.25, 0.3) is 0 Å². The van der Waals surface area contributed by atoms with E-state index in [9.17, 15) is 32.9 Å². The van der Waals surface area contributed by atoms with E-state index in [4.69, 9.17) is 43.9 Å². The minimum atomic E-state index is -1.02. The lowest BCUT2D eigenvalue weighted by molar-refractivity contribution is -0.386. The molecule has 0 amide bonds. The quantitative estimate of drug-likeness (QED) is 0.0617. The Balaban J connectivity index is 0.000000279. The highest BCUT2D eigenvalue weighted by Gasteiger charge is 2.20. The molecule has 216 valence electrons. The molecule has 40 heavy (non-hydrogen) atoms. The van der Waals surface area contributed by atoms with Crippen LogP contribution < -0.4 is 10.5 Å². The maximum Gasteiger partial charge on any atom is 0.314 e. The summed E-state index contributed by atoms with van der Waals surface area (Å²) in [5.74, 6) is -3.50. The van der Waals surface area contributed by atoms with Crippen molar-refractivity contribution in [2.75, 3.05) is 18.2 Å².